The predicted molar refractivity (Wildman–Crippen MR) is 81.7 cm³/mol. The Morgan fingerprint density at radius 2 is 2.05 bits per heavy atom. The SMILES string of the molecule is Cc1cc(S(=O)(=O)NCCNc2ccccn2)c(C)s1. The average Bonchev–Trinajstić information content (AvgIpc) is 2.76. The minimum Gasteiger partial charge on any atom is -0.369 e. The monoisotopic (exact) mass is 311 g/mol. The van der Waals surface area contributed by atoms with Crippen LogP contribution in [0.2, 0.25) is 0 Å². The van der Waals surface area contributed by atoms with Crippen LogP contribution in [-0.4, -0.2) is 26.5 Å². The first-order valence-electron chi connectivity index (χ1n) is 6.20. The Kier molecular flexibility index (Phi) is 4.74. The molecule has 5 nitrogen and oxygen atoms in total. The summed E-state index contributed by atoms with van der Waals surface area (Å²) in [5.74, 6) is 0.731. The lowest BCUT2D eigenvalue weighted by molar-refractivity contribution is 0.582. The summed E-state index contributed by atoms with van der Waals surface area (Å²) in [4.78, 5) is 6.28. The van der Waals surface area contributed by atoms with Gasteiger partial charge in [-0.05, 0) is 32.0 Å². The maximum atomic E-state index is 12.1. The van der Waals surface area contributed by atoms with Crippen molar-refractivity contribution in [3.63, 3.8) is 0 Å². The van der Waals surface area contributed by atoms with Crippen molar-refractivity contribution < 1.29 is 8.42 Å². The number of hydrogen-bond donors (Lipinski definition) is 2. The minimum atomic E-state index is -3.42. The van der Waals surface area contributed by atoms with Gasteiger partial charge in [-0.3, -0.25) is 0 Å². The molecule has 2 aromatic heterocycles. The van der Waals surface area contributed by atoms with Gasteiger partial charge in [0.25, 0.3) is 0 Å². The molecule has 0 bridgehead atoms. The van der Waals surface area contributed by atoms with Crippen LogP contribution in [0.25, 0.3) is 0 Å². The summed E-state index contributed by atoms with van der Waals surface area (Å²) in [6, 6.07) is 7.24. The van der Waals surface area contributed by atoms with Gasteiger partial charge in [0.05, 0.1) is 4.90 Å². The molecule has 0 radical (unpaired) electrons. The highest BCUT2D eigenvalue weighted by Gasteiger charge is 2.18. The summed E-state index contributed by atoms with van der Waals surface area (Å²) in [5.41, 5.74) is 0. The Morgan fingerprint density at radius 3 is 2.65 bits per heavy atom. The second kappa shape index (κ2) is 6.34. The number of thiophene rings is 1. The Hall–Kier alpha value is -1.44. The van der Waals surface area contributed by atoms with Crippen LogP contribution in [0, 0.1) is 13.8 Å². The summed E-state index contributed by atoms with van der Waals surface area (Å²) in [6.07, 6.45) is 1.68. The number of nitrogens with zero attached hydrogens (tertiary/aromatic N) is 1. The molecule has 20 heavy (non-hydrogen) atoms. The van der Waals surface area contributed by atoms with Crippen molar-refractivity contribution in [2.45, 2.75) is 18.7 Å². The highest BCUT2D eigenvalue weighted by atomic mass is 32.2. The van der Waals surface area contributed by atoms with E-state index in [1.54, 1.807) is 12.3 Å². The molecule has 2 N–H and O–H groups in total. The topological polar surface area (TPSA) is 71.1 Å². The van der Waals surface area contributed by atoms with E-state index >= 15 is 0 Å². The molecule has 0 aliphatic carbocycles. The van der Waals surface area contributed by atoms with Crippen LogP contribution in [0.4, 0.5) is 5.82 Å². The first kappa shape index (κ1) is 15.0. The Balaban J connectivity index is 1.89. The fourth-order valence-corrected chi connectivity index (χ4v) is 4.38. The van der Waals surface area contributed by atoms with Gasteiger partial charge in [0.2, 0.25) is 10.0 Å². The molecule has 2 rings (SSSR count). The van der Waals surface area contributed by atoms with Crippen LogP contribution in [0.3, 0.4) is 0 Å². The zero-order valence-corrected chi connectivity index (χ0v) is 13.0. The van der Waals surface area contributed by atoms with E-state index in [1.165, 1.54) is 11.3 Å². The van der Waals surface area contributed by atoms with Crippen LogP contribution < -0.4 is 10.0 Å². The van der Waals surface area contributed by atoms with Gasteiger partial charge in [-0.1, -0.05) is 6.07 Å². The van der Waals surface area contributed by atoms with Crippen molar-refractivity contribution in [1.82, 2.24) is 9.71 Å². The lowest BCUT2D eigenvalue weighted by Crippen LogP contribution is -2.29. The van der Waals surface area contributed by atoms with E-state index in [0.29, 0.717) is 18.0 Å². The molecule has 0 aliphatic heterocycles. The van der Waals surface area contributed by atoms with Crippen LogP contribution >= 0.6 is 11.3 Å². The number of sulfonamides is 1. The summed E-state index contributed by atoms with van der Waals surface area (Å²) >= 11 is 1.49. The number of pyridine rings is 1. The highest BCUT2D eigenvalue weighted by molar-refractivity contribution is 7.89. The molecule has 0 saturated heterocycles. The van der Waals surface area contributed by atoms with Crippen LogP contribution in [-0.2, 0) is 10.0 Å². The standard InChI is InChI=1S/C13H17N3O2S2/c1-10-9-12(11(2)19-10)20(17,18)16-8-7-15-13-5-3-4-6-14-13/h3-6,9,16H,7-8H2,1-2H3,(H,14,15). The molecule has 0 spiro atoms. The van der Waals surface area contributed by atoms with Crippen molar-refractivity contribution in [1.29, 1.82) is 0 Å². The number of aryl methyl sites for hydroxylation is 2. The number of aromatic nitrogens is 1. The van der Waals surface area contributed by atoms with Crippen molar-refractivity contribution in [2.24, 2.45) is 0 Å². The van der Waals surface area contributed by atoms with Gasteiger partial charge >= 0.3 is 0 Å². The summed E-state index contributed by atoms with van der Waals surface area (Å²) < 4.78 is 26.8. The van der Waals surface area contributed by atoms with E-state index in [0.717, 1.165) is 15.6 Å². The van der Waals surface area contributed by atoms with Crippen LogP contribution in [0.15, 0.2) is 35.4 Å². The second-order valence-corrected chi connectivity index (χ2v) is 7.51. The predicted octanol–water partition coefficient (Wildman–Crippen LogP) is 2.15. The molecule has 0 atom stereocenters. The first-order valence-corrected chi connectivity index (χ1v) is 8.50. The van der Waals surface area contributed by atoms with Gasteiger partial charge in [0, 0.05) is 29.0 Å². The fraction of sp³-hybridized carbons (Fsp3) is 0.308. The lowest BCUT2D eigenvalue weighted by atomic mass is 10.4. The molecule has 0 amide bonds. The fourth-order valence-electron chi connectivity index (χ4n) is 1.80. The van der Waals surface area contributed by atoms with Gasteiger partial charge < -0.3 is 5.32 Å². The molecule has 0 saturated carbocycles. The van der Waals surface area contributed by atoms with Crippen LogP contribution in [0.5, 0.6) is 0 Å². The first-order chi connectivity index (χ1) is 9.49. The molecular weight excluding hydrogens is 294 g/mol. The van der Waals surface area contributed by atoms with E-state index in [4.69, 9.17) is 0 Å². The third kappa shape index (κ3) is 3.78. The van der Waals surface area contributed by atoms with Crippen molar-refractivity contribution in [2.75, 3.05) is 18.4 Å². The van der Waals surface area contributed by atoms with E-state index < -0.39 is 10.0 Å². The zero-order chi connectivity index (χ0) is 14.6. The van der Waals surface area contributed by atoms with E-state index in [1.807, 2.05) is 32.0 Å². The van der Waals surface area contributed by atoms with Crippen LogP contribution in [0.1, 0.15) is 9.75 Å². The zero-order valence-electron chi connectivity index (χ0n) is 11.4. The number of nitrogens with one attached hydrogen (secondary N) is 2. The molecule has 0 fully saturated rings. The summed E-state index contributed by atoms with van der Waals surface area (Å²) in [5, 5.41) is 3.05. The van der Waals surface area contributed by atoms with Gasteiger partial charge in [-0.15, -0.1) is 11.3 Å². The number of hydrogen-bond acceptors (Lipinski definition) is 5. The number of anilines is 1. The molecule has 0 aliphatic rings. The summed E-state index contributed by atoms with van der Waals surface area (Å²) in [7, 11) is -3.42. The Bertz CT molecular complexity index is 666. The molecule has 108 valence electrons. The molecule has 2 heterocycles. The quantitative estimate of drug-likeness (QED) is 0.802. The number of rotatable bonds is 6. The highest BCUT2D eigenvalue weighted by Crippen LogP contribution is 2.24. The van der Waals surface area contributed by atoms with E-state index in [9.17, 15) is 8.42 Å². The second-order valence-electron chi connectivity index (χ2n) is 4.32. The van der Waals surface area contributed by atoms with Gasteiger partial charge in [0.15, 0.2) is 0 Å². The molecule has 0 aromatic carbocycles. The van der Waals surface area contributed by atoms with E-state index in [-0.39, 0.29) is 0 Å². The third-order valence-corrected chi connectivity index (χ3v) is 5.36. The van der Waals surface area contributed by atoms with Crippen molar-refractivity contribution >= 4 is 27.2 Å². The smallest absolute Gasteiger partial charge is 0.241 e. The molecular formula is C13H17N3O2S2. The Labute approximate surface area is 123 Å². The normalized spacial score (nSPS) is 11.5. The van der Waals surface area contributed by atoms with Crippen molar-refractivity contribution in [3.05, 3.63) is 40.2 Å². The van der Waals surface area contributed by atoms with Gasteiger partial charge in [-0.25, -0.2) is 18.1 Å². The largest absolute Gasteiger partial charge is 0.369 e. The molecule has 0 unspecified atom stereocenters. The summed E-state index contributed by atoms with van der Waals surface area (Å²) in [6.45, 7) is 4.52. The van der Waals surface area contributed by atoms with Crippen molar-refractivity contribution in [3.8, 4) is 0 Å². The maximum Gasteiger partial charge on any atom is 0.241 e. The lowest BCUT2D eigenvalue weighted by Gasteiger charge is -2.07. The Morgan fingerprint density at radius 1 is 1.25 bits per heavy atom. The molecule has 7 heteroatoms. The van der Waals surface area contributed by atoms with Gasteiger partial charge in [-0.2, -0.15) is 0 Å². The maximum absolute atomic E-state index is 12.1. The third-order valence-electron chi connectivity index (χ3n) is 2.67. The average molecular weight is 311 g/mol. The molecule has 2 aromatic rings. The van der Waals surface area contributed by atoms with E-state index in [2.05, 4.69) is 15.0 Å². The minimum absolute atomic E-state index is 0.313. The van der Waals surface area contributed by atoms with Gasteiger partial charge in [0.1, 0.15) is 5.82 Å².